The van der Waals surface area contributed by atoms with Gasteiger partial charge in [-0.2, -0.15) is 5.10 Å². The number of nitrogens with zero attached hydrogens (tertiary/aromatic N) is 1. The predicted molar refractivity (Wildman–Crippen MR) is 59.7 cm³/mol. The highest BCUT2D eigenvalue weighted by molar-refractivity contribution is 5.98. The van der Waals surface area contributed by atoms with Crippen molar-refractivity contribution in [2.75, 3.05) is 5.73 Å². The first-order valence-corrected chi connectivity index (χ1v) is 5.85. The fraction of sp³-hybridized carbons (Fsp3) is 0.636. The lowest BCUT2D eigenvalue weighted by molar-refractivity contribution is 0.0927. The number of amides is 1. The highest BCUT2D eigenvalue weighted by Gasteiger charge is 2.42. The molecule has 4 N–H and O–H groups in total. The van der Waals surface area contributed by atoms with Gasteiger partial charge in [0.15, 0.2) is 0 Å². The van der Waals surface area contributed by atoms with Crippen molar-refractivity contribution in [3.63, 3.8) is 0 Å². The molecule has 16 heavy (non-hydrogen) atoms. The second-order valence-electron chi connectivity index (χ2n) is 4.87. The first kappa shape index (κ1) is 9.69. The van der Waals surface area contributed by atoms with Gasteiger partial charge in [-0.15, -0.1) is 0 Å². The van der Waals surface area contributed by atoms with E-state index in [0.29, 0.717) is 29.3 Å². The Labute approximate surface area is 93.8 Å². The maximum Gasteiger partial charge on any atom is 0.256 e. The van der Waals surface area contributed by atoms with Crippen LogP contribution in [0.2, 0.25) is 0 Å². The minimum atomic E-state index is -0.0879. The molecule has 5 nitrogen and oxygen atoms in total. The van der Waals surface area contributed by atoms with E-state index in [4.69, 9.17) is 5.73 Å². The van der Waals surface area contributed by atoms with Crippen LogP contribution in [0.5, 0.6) is 0 Å². The van der Waals surface area contributed by atoms with Crippen molar-refractivity contribution in [1.29, 1.82) is 0 Å². The number of anilines is 1. The van der Waals surface area contributed by atoms with Crippen molar-refractivity contribution in [2.24, 2.45) is 11.8 Å². The Morgan fingerprint density at radius 3 is 2.50 bits per heavy atom. The number of hydrogen-bond donors (Lipinski definition) is 3. The van der Waals surface area contributed by atoms with Gasteiger partial charge in [-0.1, -0.05) is 0 Å². The molecule has 0 unspecified atom stereocenters. The number of nitrogens with one attached hydrogen (secondary N) is 2. The molecular weight excluding hydrogens is 204 g/mol. The Bertz CT molecular complexity index is 394. The lowest BCUT2D eigenvalue weighted by Crippen LogP contribution is -2.38. The van der Waals surface area contributed by atoms with Gasteiger partial charge in [0.1, 0.15) is 11.4 Å². The summed E-state index contributed by atoms with van der Waals surface area (Å²) < 4.78 is 0. The van der Waals surface area contributed by atoms with Gasteiger partial charge in [0.05, 0.1) is 6.20 Å². The monoisotopic (exact) mass is 220 g/mol. The van der Waals surface area contributed by atoms with Gasteiger partial charge in [0.2, 0.25) is 0 Å². The van der Waals surface area contributed by atoms with E-state index >= 15 is 0 Å². The van der Waals surface area contributed by atoms with Gasteiger partial charge in [-0.3, -0.25) is 9.89 Å². The normalized spacial score (nSPS) is 20.1. The Morgan fingerprint density at radius 1 is 1.44 bits per heavy atom. The minimum Gasteiger partial charge on any atom is -0.383 e. The third kappa shape index (κ3) is 1.77. The molecule has 2 fully saturated rings. The average Bonchev–Trinajstić information content (AvgIpc) is 3.14. The summed E-state index contributed by atoms with van der Waals surface area (Å²) in [7, 11) is 0. The van der Waals surface area contributed by atoms with E-state index in [1.54, 1.807) is 0 Å². The summed E-state index contributed by atoms with van der Waals surface area (Å²) in [5.74, 6) is 1.66. The molecule has 2 saturated carbocycles. The van der Waals surface area contributed by atoms with Gasteiger partial charge >= 0.3 is 0 Å². The van der Waals surface area contributed by atoms with E-state index in [9.17, 15) is 4.79 Å². The predicted octanol–water partition coefficient (Wildman–Crippen LogP) is 0.910. The summed E-state index contributed by atoms with van der Waals surface area (Å²) in [5, 5.41) is 9.44. The zero-order valence-corrected chi connectivity index (χ0v) is 9.07. The molecule has 0 aliphatic heterocycles. The number of nitrogens with two attached hydrogens (primary N) is 1. The number of nitrogen functional groups attached to an aromatic ring is 1. The fourth-order valence-corrected chi connectivity index (χ4v) is 2.24. The third-order valence-electron chi connectivity index (χ3n) is 3.47. The van der Waals surface area contributed by atoms with Gasteiger partial charge in [0, 0.05) is 6.04 Å². The number of rotatable bonds is 4. The molecule has 1 amide bonds. The van der Waals surface area contributed by atoms with Crippen LogP contribution in [0.1, 0.15) is 36.0 Å². The number of aromatic amines is 1. The number of hydrogen-bond acceptors (Lipinski definition) is 3. The molecule has 1 aromatic rings. The molecule has 1 aromatic heterocycles. The lowest BCUT2D eigenvalue weighted by atomic mass is 10.1. The molecule has 3 rings (SSSR count). The van der Waals surface area contributed by atoms with Crippen molar-refractivity contribution in [3.8, 4) is 0 Å². The standard InChI is InChI=1S/C11H16N4O/c12-10-8(5-13-15-10)11(16)14-9(6-1-2-6)7-3-4-7/h5-7,9H,1-4H2,(H,14,16)(H3,12,13,15). The number of carbonyl (C=O) groups excluding carboxylic acids is 1. The summed E-state index contributed by atoms with van der Waals surface area (Å²) in [5.41, 5.74) is 6.09. The average molecular weight is 220 g/mol. The Hall–Kier alpha value is -1.52. The Morgan fingerprint density at radius 2 is 2.06 bits per heavy atom. The van der Waals surface area contributed by atoms with Crippen LogP contribution in [-0.2, 0) is 0 Å². The first-order chi connectivity index (χ1) is 7.75. The smallest absolute Gasteiger partial charge is 0.256 e. The van der Waals surface area contributed by atoms with Crippen LogP contribution in [0, 0.1) is 11.8 Å². The second kappa shape index (κ2) is 3.50. The van der Waals surface area contributed by atoms with Gasteiger partial charge in [-0.05, 0) is 37.5 Å². The Kier molecular flexibility index (Phi) is 2.12. The zero-order chi connectivity index (χ0) is 11.1. The van der Waals surface area contributed by atoms with Crippen LogP contribution in [0.3, 0.4) is 0 Å². The molecule has 5 heteroatoms. The van der Waals surface area contributed by atoms with Crippen molar-refractivity contribution in [2.45, 2.75) is 31.7 Å². The minimum absolute atomic E-state index is 0.0879. The zero-order valence-electron chi connectivity index (χ0n) is 9.07. The molecule has 86 valence electrons. The van der Waals surface area contributed by atoms with Crippen LogP contribution >= 0.6 is 0 Å². The number of aromatic nitrogens is 2. The summed E-state index contributed by atoms with van der Waals surface area (Å²) >= 11 is 0. The molecule has 0 spiro atoms. The molecule has 1 heterocycles. The van der Waals surface area contributed by atoms with E-state index < -0.39 is 0 Å². The highest BCUT2D eigenvalue weighted by Crippen LogP contribution is 2.44. The van der Waals surface area contributed by atoms with E-state index in [1.807, 2.05) is 0 Å². The summed E-state index contributed by atoms with van der Waals surface area (Å²) in [6.45, 7) is 0. The SMILES string of the molecule is Nc1[nH]ncc1C(=O)NC(C1CC1)C1CC1. The largest absolute Gasteiger partial charge is 0.383 e. The lowest BCUT2D eigenvalue weighted by Gasteiger charge is -2.17. The van der Waals surface area contributed by atoms with Crippen molar-refractivity contribution >= 4 is 11.7 Å². The van der Waals surface area contributed by atoms with E-state index in [2.05, 4.69) is 15.5 Å². The molecule has 0 atom stereocenters. The van der Waals surface area contributed by atoms with Crippen LogP contribution in [0.4, 0.5) is 5.82 Å². The van der Waals surface area contributed by atoms with Crippen LogP contribution in [0.15, 0.2) is 6.20 Å². The van der Waals surface area contributed by atoms with Crippen molar-refractivity contribution in [1.82, 2.24) is 15.5 Å². The van der Waals surface area contributed by atoms with E-state index in [-0.39, 0.29) is 5.91 Å². The topological polar surface area (TPSA) is 83.8 Å². The summed E-state index contributed by atoms with van der Waals surface area (Å²) in [4.78, 5) is 12.0. The van der Waals surface area contributed by atoms with Gasteiger partial charge < -0.3 is 11.1 Å². The molecular formula is C11H16N4O. The fourth-order valence-electron chi connectivity index (χ4n) is 2.24. The first-order valence-electron chi connectivity index (χ1n) is 5.85. The number of carbonyl (C=O) groups is 1. The van der Waals surface area contributed by atoms with Crippen LogP contribution in [-0.4, -0.2) is 22.1 Å². The molecule has 0 saturated heterocycles. The highest BCUT2D eigenvalue weighted by atomic mass is 16.1. The van der Waals surface area contributed by atoms with Crippen LogP contribution < -0.4 is 11.1 Å². The van der Waals surface area contributed by atoms with Crippen LogP contribution in [0.25, 0.3) is 0 Å². The quantitative estimate of drug-likeness (QED) is 0.705. The van der Waals surface area contributed by atoms with E-state index in [1.165, 1.54) is 31.9 Å². The molecule has 0 bridgehead atoms. The third-order valence-corrected chi connectivity index (χ3v) is 3.47. The second-order valence-corrected chi connectivity index (χ2v) is 4.87. The summed E-state index contributed by atoms with van der Waals surface area (Å²) in [6.07, 6.45) is 6.50. The van der Waals surface area contributed by atoms with Gasteiger partial charge in [-0.25, -0.2) is 0 Å². The summed E-state index contributed by atoms with van der Waals surface area (Å²) in [6, 6.07) is 0.363. The van der Waals surface area contributed by atoms with E-state index in [0.717, 1.165) is 0 Å². The van der Waals surface area contributed by atoms with Gasteiger partial charge in [0.25, 0.3) is 5.91 Å². The maximum absolute atomic E-state index is 12.0. The maximum atomic E-state index is 12.0. The molecule has 0 radical (unpaired) electrons. The van der Waals surface area contributed by atoms with Crippen molar-refractivity contribution < 1.29 is 4.79 Å². The molecule has 2 aliphatic rings. The molecule has 0 aromatic carbocycles. The molecule has 2 aliphatic carbocycles. The Balaban J connectivity index is 1.69. The number of H-pyrrole nitrogens is 1. The van der Waals surface area contributed by atoms with Crippen molar-refractivity contribution in [3.05, 3.63) is 11.8 Å².